The van der Waals surface area contributed by atoms with E-state index in [4.69, 9.17) is 6.42 Å². The zero-order valence-corrected chi connectivity index (χ0v) is 9.40. The molecule has 2 aromatic carbocycles. The van der Waals surface area contributed by atoms with E-state index < -0.39 is 0 Å². The Bertz CT molecular complexity index is 530. The van der Waals surface area contributed by atoms with Gasteiger partial charge < -0.3 is 0 Å². The van der Waals surface area contributed by atoms with E-state index in [0.717, 1.165) is 12.0 Å². The van der Waals surface area contributed by atoms with Crippen molar-refractivity contribution in [2.24, 2.45) is 0 Å². The third kappa shape index (κ3) is 2.32. The molecule has 0 fully saturated rings. The summed E-state index contributed by atoms with van der Waals surface area (Å²) in [4.78, 5) is 0. The fourth-order valence-electron chi connectivity index (χ4n) is 1.86. The first kappa shape index (κ1) is 10.5. The standard InChI is InChI=1S/C16H14/c1-3-15-9-4-5-10-16(15)12-14-8-6-7-13(2)11-14/h1,4-11H,12H2,2H3. The van der Waals surface area contributed by atoms with Crippen LogP contribution in [-0.4, -0.2) is 0 Å². The molecule has 0 bridgehead atoms. The van der Waals surface area contributed by atoms with Gasteiger partial charge in [0.25, 0.3) is 0 Å². The van der Waals surface area contributed by atoms with E-state index in [1.54, 1.807) is 0 Å². The Morgan fingerprint density at radius 3 is 2.62 bits per heavy atom. The Labute approximate surface area is 96.9 Å². The molecule has 2 aromatic rings. The Kier molecular flexibility index (Phi) is 3.08. The average Bonchev–Trinajstić information content (AvgIpc) is 2.30. The van der Waals surface area contributed by atoms with Crippen LogP contribution < -0.4 is 0 Å². The minimum atomic E-state index is 0.905. The van der Waals surface area contributed by atoms with Crippen LogP contribution in [-0.2, 0) is 6.42 Å². The summed E-state index contributed by atoms with van der Waals surface area (Å²) in [6, 6.07) is 16.6. The Balaban J connectivity index is 2.31. The predicted octanol–water partition coefficient (Wildman–Crippen LogP) is 3.57. The third-order valence-corrected chi connectivity index (χ3v) is 2.65. The van der Waals surface area contributed by atoms with E-state index in [9.17, 15) is 0 Å². The molecule has 0 N–H and O–H groups in total. The maximum atomic E-state index is 5.48. The summed E-state index contributed by atoms with van der Waals surface area (Å²) >= 11 is 0. The van der Waals surface area contributed by atoms with E-state index in [0.29, 0.717) is 0 Å². The smallest absolute Gasteiger partial charge is 0.0277 e. The van der Waals surface area contributed by atoms with Crippen LogP contribution in [0.25, 0.3) is 0 Å². The van der Waals surface area contributed by atoms with Gasteiger partial charge in [0.15, 0.2) is 0 Å². The summed E-state index contributed by atoms with van der Waals surface area (Å²) in [5, 5.41) is 0. The lowest BCUT2D eigenvalue weighted by Crippen LogP contribution is -1.92. The van der Waals surface area contributed by atoms with E-state index >= 15 is 0 Å². The van der Waals surface area contributed by atoms with Crippen LogP contribution >= 0.6 is 0 Å². The van der Waals surface area contributed by atoms with Crippen LogP contribution in [0.15, 0.2) is 48.5 Å². The van der Waals surface area contributed by atoms with Crippen molar-refractivity contribution in [2.75, 3.05) is 0 Å². The molecular formula is C16H14. The fourth-order valence-corrected chi connectivity index (χ4v) is 1.86. The van der Waals surface area contributed by atoms with Gasteiger partial charge in [0.05, 0.1) is 0 Å². The van der Waals surface area contributed by atoms with Crippen LogP contribution in [0.5, 0.6) is 0 Å². The number of terminal acetylenes is 1. The highest BCUT2D eigenvalue weighted by Gasteiger charge is 2.00. The number of hydrogen-bond acceptors (Lipinski definition) is 0. The molecule has 0 aliphatic carbocycles. The molecule has 0 heteroatoms. The van der Waals surface area contributed by atoms with Crippen molar-refractivity contribution in [3.8, 4) is 12.3 Å². The summed E-state index contributed by atoms with van der Waals surface area (Å²) in [6.45, 7) is 2.11. The summed E-state index contributed by atoms with van der Waals surface area (Å²) in [5.74, 6) is 2.73. The number of aryl methyl sites for hydroxylation is 1. The van der Waals surface area contributed by atoms with Crippen molar-refractivity contribution >= 4 is 0 Å². The number of benzene rings is 2. The highest BCUT2D eigenvalue weighted by Crippen LogP contribution is 2.14. The minimum Gasteiger partial charge on any atom is -0.115 e. The molecule has 0 atom stereocenters. The van der Waals surface area contributed by atoms with Gasteiger partial charge >= 0.3 is 0 Å². The normalized spacial score (nSPS) is 9.75. The monoisotopic (exact) mass is 206 g/mol. The van der Waals surface area contributed by atoms with Gasteiger partial charge in [-0.25, -0.2) is 0 Å². The van der Waals surface area contributed by atoms with Crippen molar-refractivity contribution < 1.29 is 0 Å². The molecule has 0 saturated heterocycles. The summed E-state index contributed by atoms with van der Waals surface area (Å²) in [5.41, 5.74) is 4.80. The molecule has 78 valence electrons. The summed E-state index contributed by atoms with van der Waals surface area (Å²) in [7, 11) is 0. The highest BCUT2D eigenvalue weighted by atomic mass is 14.0. The van der Waals surface area contributed by atoms with Gasteiger partial charge in [-0.3, -0.25) is 0 Å². The molecule has 0 aliphatic rings. The van der Waals surface area contributed by atoms with Gasteiger partial charge in [-0.15, -0.1) is 6.42 Å². The van der Waals surface area contributed by atoms with Gasteiger partial charge in [0.2, 0.25) is 0 Å². The van der Waals surface area contributed by atoms with Crippen LogP contribution in [0.2, 0.25) is 0 Å². The van der Waals surface area contributed by atoms with Gasteiger partial charge in [-0.1, -0.05) is 53.9 Å². The Morgan fingerprint density at radius 1 is 1.06 bits per heavy atom. The molecule has 0 heterocycles. The van der Waals surface area contributed by atoms with Crippen LogP contribution in [0, 0.1) is 19.3 Å². The lowest BCUT2D eigenvalue weighted by Gasteiger charge is -2.05. The van der Waals surface area contributed by atoms with Gasteiger partial charge in [0, 0.05) is 5.56 Å². The molecule has 0 unspecified atom stereocenters. The number of hydrogen-bond donors (Lipinski definition) is 0. The molecule has 0 aromatic heterocycles. The molecule has 0 radical (unpaired) electrons. The van der Waals surface area contributed by atoms with E-state index in [-0.39, 0.29) is 0 Å². The molecule has 0 nitrogen and oxygen atoms in total. The number of rotatable bonds is 2. The molecule has 2 rings (SSSR count). The van der Waals surface area contributed by atoms with E-state index in [1.807, 2.05) is 18.2 Å². The zero-order chi connectivity index (χ0) is 11.4. The van der Waals surface area contributed by atoms with Crippen molar-refractivity contribution in [2.45, 2.75) is 13.3 Å². The highest BCUT2D eigenvalue weighted by molar-refractivity contribution is 5.42. The van der Waals surface area contributed by atoms with E-state index in [2.05, 4.69) is 43.2 Å². The molecule has 0 saturated carbocycles. The van der Waals surface area contributed by atoms with Gasteiger partial charge in [-0.2, -0.15) is 0 Å². The minimum absolute atomic E-state index is 0.905. The van der Waals surface area contributed by atoms with Crippen molar-refractivity contribution in [1.82, 2.24) is 0 Å². The molecule has 0 spiro atoms. The molecular weight excluding hydrogens is 192 g/mol. The van der Waals surface area contributed by atoms with Crippen LogP contribution in [0.1, 0.15) is 22.3 Å². The van der Waals surface area contributed by atoms with Crippen molar-refractivity contribution in [1.29, 1.82) is 0 Å². The quantitative estimate of drug-likeness (QED) is 0.659. The lowest BCUT2D eigenvalue weighted by molar-refractivity contribution is 1.17. The topological polar surface area (TPSA) is 0 Å². The molecule has 0 amide bonds. The van der Waals surface area contributed by atoms with Crippen molar-refractivity contribution in [3.63, 3.8) is 0 Å². The zero-order valence-electron chi connectivity index (χ0n) is 9.40. The summed E-state index contributed by atoms with van der Waals surface area (Å²) in [6.07, 6.45) is 6.39. The predicted molar refractivity (Wildman–Crippen MR) is 68.4 cm³/mol. The first-order valence-corrected chi connectivity index (χ1v) is 5.39. The average molecular weight is 206 g/mol. The first-order chi connectivity index (χ1) is 7.79. The van der Waals surface area contributed by atoms with Gasteiger partial charge in [-0.05, 0) is 30.5 Å². The third-order valence-electron chi connectivity index (χ3n) is 2.65. The second-order valence-electron chi connectivity index (χ2n) is 3.97. The fraction of sp³-hybridized carbons (Fsp3) is 0.125. The molecule has 0 aliphatic heterocycles. The second-order valence-corrected chi connectivity index (χ2v) is 3.97. The molecule has 16 heavy (non-hydrogen) atoms. The maximum Gasteiger partial charge on any atom is 0.0277 e. The van der Waals surface area contributed by atoms with E-state index in [1.165, 1.54) is 16.7 Å². The lowest BCUT2D eigenvalue weighted by atomic mass is 9.99. The second kappa shape index (κ2) is 4.68. The summed E-state index contributed by atoms with van der Waals surface area (Å²) < 4.78 is 0. The Hall–Kier alpha value is -2.00. The maximum absolute atomic E-state index is 5.48. The largest absolute Gasteiger partial charge is 0.115 e. The van der Waals surface area contributed by atoms with Crippen LogP contribution in [0.3, 0.4) is 0 Å². The van der Waals surface area contributed by atoms with Crippen LogP contribution in [0.4, 0.5) is 0 Å². The van der Waals surface area contributed by atoms with Gasteiger partial charge in [0.1, 0.15) is 0 Å². The first-order valence-electron chi connectivity index (χ1n) is 5.39. The SMILES string of the molecule is C#Cc1ccccc1Cc1cccc(C)c1. The van der Waals surface area contributed by atoms with Crippen molar-refractivity contribution in [3.05, 3.63) is 70.8 Å². The Morgan fingerprint density at radius 2 is 1.88 bits per heavy atom.